The fraction of sp³-hybridized carbons (Fsp3) is 0.533. The molecule has 1 aromatic heterocycles. The zero-order chi connectivity index (χ0) is 13.9. The highest BCUT2D eigenvalue weighted by molar-refractivity contribution is 5.75. The van der Waals surface area contributed by atoms with Crippen molar-refractivity contribution in [2.75, 3.05) is 19.6 Å². The second-order valence-electron chi connectivity index (χ2n) is 5.97. The summed E-state index contributed by atoms with van der Waals surface area (Å²) in [7, 11) is 2.02. The molecular weight excluding hydrogens is 236 g/mol. The maximum atomic E-state index is 5.71. The van der Waals surface area contributed by atoms with Crippen LogP contribution in [-0.4, -0.2) is 29.2 Å². The van der Waals surface area contributed by atoms with E-state index >= 15 is 0 Å². The number of fused-ring (bicyclic) bond motifs is 1. The number of rotatable bonds is 6. The van der Waals surface area contributed by atoms with Crippen molar-refractivity contribution in [2.24, 2.45) is 18.2 Å². The third-order valence-electron chi connectivity index (χ3n) is 3.54. The van der Waals surface area contributed by atoms with Gasteiger partial charge in [0.2, 0.25) is 0 Å². The Morgan fingerprint density at radius 2 is 2.16 bits per heavy atom. The van der Waals surface area contributed by atoms with E-state index in [-0.39, 0.29) is 5.41 Å². The molecule has 0 radical (unpaired) electrons. The molecular formula is C15H24N4. The number of benzene rings is 1. The summed E-state index contributed by atoms with van der Waals surface area (Å²) in [6.45, 7) is 7.00. The van der Waals surface area contributed by atoms with Crippen LogP contribution in [0.5, 0.6) is 0 Å². The number of imidazole rings is 1. The Morgan fingerprint density at radius 3 is 2.89 bits per heavy atom. The van der Waals surface area contributed by atoms with Crippen molar-refractivity contribution in [1.82, 2.24) is 14.9 Å². The zero-order valence-corrected chi connectivity index (χ0v) is 12.1. The van der Waals surface area contributed by atoms with Crippen LogP contribution in [0, 0.1) is 5.41 Å². The average molecular weight is 260 g/mol. The molecule has 3 N–H and O–H groups in total. The molecule has 19 heavy (non-hydrogen) atoms. The fourth-order valence-electron chi connectivity index (χ4n) is 2.07. The standard InChI is InChI=1S/C15H24N4/c1-15(2,9-16)10-17-7-6-12-4-5-14-13(8-12)18-11-19(14)3/h4-5,8,11,17H,6-7,9-10,16H2,1-3H3. The van der Waals surface area contributed by atoms with Crippen LogP contribution in [0.25, 0.3) is 11.0 Å². The van der Waals surface area contributed by atoms with Crippen LogP contribution in [0.15, 0.2) is 24.5 Å². The van der Waals surface area contributed by atoms with Gasteiger partial charge in [0.1, 0.15) is 0 Å². The predicted octanol–water partition coefficient (Wildman–Crippen LogP) is 1.69. The van der Waals surface area contributed by atoms with Crippen LogP contribution < -0.4 is 11.1 Å². The van der Waals surface area contributed by atoms with Gasteiger partial charge < -0.3 is 15.6 Å². The summed E-state index contributed by atoms with van der Waals surface area (Å²) >= 11 is 0. The summed E-state index contributed by atoms with van der Waals surface area (Å²) in [5, 5.41) is 3.47. The van der Waals surface area contributed by atoms with E-state index in [4.69, 9.17) is 5.73 Å². The van der Waals surface area contributed by atoms with Crippen molar-refractivity contribution >= 4 is 11.0 Å². The molecule has 0 saturated carbocycles. The van der Waals surface area contributed by atoms with Gasteiger partial charge in [0.25, 0.3) is 0 Å². The Balaban J connectivity index is 1.88. The van der Waals surface area contributed by atoms with E-state index in [2.05, 4.69) is 42.3 Å². The molecule has 0 bridgehead atoms. The zero-order valence-electron chi connectivity index (χ0n) is 12.1. The van der Waals surface area contributed by atoms with Crippen molar-refractivity contribution in [3.8, 4) is 0 Å². The molecule has 2 aromatic rings. The Hall–Kier alpha value is -1.39. The summed E-state index contributed by atoms with van der Waals surface area (Å²) in [5.41, 5.74) is 9.46. The molecule has 0 saturated heterocycles. The van der Waals surface area contributed by atoms with Gasteiger partial charge in [-0.05, 0) is 42.6 Å². The largest absolute Gasteiger partial charge is 0.334 e. The van der Waals surface area contributed by atoms with E-state index < -0.39 is 0 Å². The SMILES string of the molecule is Cn1cnc2cc(CCNCC(C)(C)CN)ccc21. The van der Waals surface area contributed by atoms with Crippen molar-refractivity contribution < 1.29 is 0 Å². The Kier molecular flexibility index (Phi) is 4.22. The third kappa shape index (κ3) is 3.55. The van der Waals surface area contributed by atoms with Gasteiger partial charge in [-0.1, -0.05) is 19.9 Å². The summed E-state index contributed by atoms with van der Waals surface area (Å²) in [6, 6.07) is 6.49. The molecule has 1 aromatic carbocycles. The molecule has 0 fully saturated rings. The number of hydrogen-bond donors (Lipinski definition) is 2. The second-order valence-corrected chi connectivity index (χ2v) is 5.97. The highest BCUT2D eigenvalue weighted by atomic mass is 15.0. The van der Waals surface area contributed by atoms with Crippen molar-refractivity contribution in [1.29, 1.82) is 0 Å². The minimum atomic E-state index is 0.172. The molecule has 0 aliphatic rings. The van der Waals surface area contributed by atoms with Crippen LogP contribution in [-0.2, 0) is 13.5 Å². The lowest BCUT2D eigenvalue weighted by Crippen LogP contribution is -2.36. The quantitative estimate of drug-likeness (QED) is 0.777. The van der Waals surface area contributed by atoms with Gasteiger partial charge in [0.05, 0.1) is 17.4 Å². The Morgan fingerprint density at radius 1 is 1.37 bits per heavy atom. The maximum Gasteiger partial charge on any atom is 0.0955 e. The monoisotopic (exact) mass is 260 g/mol. The van der Waals surface area contributed by atoms with E-state index in [0.29, 0.717) is 6.54 Å². The molecule has 0 atom stereocenters. The molecule has 104 valence electrons. The van der Waals surface area contributed by atoms with E-state index in [1.54, 1.807) is 0 Å². The molecule has 4 nitrogen and oxygen atoms in total. The maximum absolute atomic E-state index is 5.71. The lowest BCUT2D eigenvalue weighted by atomic mass is 9.94. The predicted molar refractivity (Wildman–Crippen MR) is 80.1 cm³/mol. The number of nitrogens with zero attached hydrogens (tertiary/aromatic N) is 2. The molecule has 4 heteroatoms. The van der Waals surface area contributed by atoms with Gasteiger partial charge in [-0.2, -0.15) is 0 Å². The van der Waals surface area contributed by atoms with Gasteiger partial charge in [-0.15, -0.1) is 0 Å². The Bertz CT molecular complexity index is 542. The summed E-state index contributed by atoms with van der Waals surface area (Å²) in [5.74, 6) is 0. The van der Waals surface area contributed by atoms with Crippen LogP contribution in [0.1, 0.15) is 19.4 Å². The van der Waals surface area contributed by atoms with Gasteiger partial charge in [0, 0.05) is 13.6 Å². The number of nitrogens with two attached hydrogens (primary N) is 1. The van der Waals surface area contributed by atoms with Crippen LogP contribution >= 0.6 is 0 Å². The first kappa shape index (κ1) is 14.0. The highest BCUT2D eigenvalue weighted by Gasteiger charge is 2.14. The van der Waals surface area contributed by atoms with Crippen LogP contribution in [0.2, 0.25) is 0 Å². The van der Waals surface area contributed by atoms with E-state index in [1.807, 2.05) is 17.9 Å². The first-order valence-corrected chi connectivity index (χ1v) is 6.82. The molecule has 2 rings (SSSR count). The lowest BCUT2D eigenvalue weighted by Gasteiger charge is -2.22. The van der Waals surface area contributed by atoms with Gasteiger partial charge in [-0.25, -0.2) is 4.98 Å². The third-order valence-corrected chi connectivity index (χ3v) is 3.54. The van der Waals surface area contributed by atoms with Crippen LogP contribution in [0.3, 0.4) is 0 Å². The van der Waals surface area contributed by atoms with Crippen molar-refractivity contribution in [2.45, 2.75) is 20.3 Å². The van der Waals surface area contributed by atoms with E-state index in [0.717, 1.165) is 25.0 Å². The van der Waals surface area contributed by atoms with E-state index in [1.165, 1.54) is 11.1 Å². The first-order chi connectivity index (χ1) is 9.02. The molecule has 0 unspecified atom stereocenters. The summed E-state index contributed by atoms with van der Waals surface area (Å²) < 4.78 is 2.04. The fourth-order valence-corrected chi connectivity index (χ4v) is 2.07. The molecule has 0 spiro atoms. The molecule has 0 aliphatic heterocycles. The minimum absolute atomic E-state index is 0.172. The number of aryl methyl sites for hydroxylation is 1. The highest BCUT2D eigenvalue weighted by Crippen LogP contribution is 2.14. The number of aromatic nitrogens is 2. The van der Waals surface area contributed by atoms with Gasteiger partial charge >= 0.3 is 0 Å². The smallest absolute Gasteiger partial charge is 0.0955 e. The van der Waals surface area contributed by atoms with Crippen molar-refractivity contribution in [3.63, 3.8) is 0 Å². The average Bonchev–Trinajstić information content (AvgIpc) is 2.76. The Labute approximate surface area is 115 Å². The van der Waals surface area contributed by atoms with Gasteiger partial charge in [0.15, 0.2) is 0 Å². The van der Waals surface area contributed by atoms with Crippen LogP contribution in [0.4, 0.5) is 0 Å². The lowest BCUT2D eigenvalue weighted by molar-refractivity contribution is 0.353. The molecule has 0 aliphatic carbocycles. The van der Waals surface area contributed by atoms with Gasteiger partial charge in [-0.3, -0.25) is 0 Å². The minimum Gasteiger partial charge on any atom is -0.334 e. The summed E-state index contributed by atoms with van der Waals surface area (Å²) in [6.07, 6.45) is 2.88. The molecule has 0 amide bonds. The first-order valence-electron chi connectivity index (χ1n) is 6.82. The van der Waals surface area contributed by atoms with Crippen molar-refractivity contribution in [3.05, 3.63) is 30.1 Å². The second kappa shape index (κ2) is 5.72. The summed E-state index contributed by atoms with van der Waals surface area (Å²) in [4.78, 5) is 4.39. The normalized spacial score (nSPS) is 12.2. The topological polar surface area (TPSA) is 55.9 Å². The molecule has 1 heterocycles. The number of hydrogen-bond acceptors (Lipinski definition) is 3. The number of nitrogens with one attached hydrogen (secondary N) is 1. The van der Waals surface area contributed by atoms with E-state index in [9.17, 15) is 0 Å².